The van der Waals surface area contributed by atoms with Crippen LogP contribution in [0.4, 0.5) is 0 Å². The third-order valence-electron chi connectivity index (χ3n) is 4.18. The van der Waals surface area contributed by atoms with E-state index in [-0.39, 0.29) is 11.9 Å². The highest BCUT2D eigenvalue weighted by molar-refractivity contribution is 5.81. The molecule has 1 fully saturated rings. The molecule has 122 valence electrons. The summed E-state index contributed by atoms with van der Waals surface area (Å²) in [5.41, 5.74) is 0.428. The summed E-state index contributed by atoms with van der Waals surface area (Å²) in [5.74, 6) is 0.909. The quantitative estimate of drug-likeness (QED) is 0.474. The van der Waals surface area contributed by atoms with E-state index < -0.39 is 0 Å². The Morgan fingerprint density at radius 2 is 1.95 bits per heavy atom. The van der Waals surface area contributed by atoms with Gasteiger partial charge in [-0.25, -0.2) is 0 Å². The van der Waals surface area contributed by atoms with Gasteiger partial charge in [-0.05, 0) is 45.4 Å². The van der Waals surface area contributed by atoms with Gasteiger partial charge in [0, 0.05) is 32.1 Å². The van der Waals surface area contributed by atoms with Crippen LogP contribution < -0.4 is 16.0 Å². The molecule has 0 aliphatic heterocycles. The minimum absolute atomic E-state index is 0.0809. The summed E-state index contributed by atoms with van der Waals surface area (Å²) >= 11 is 0. The van der Waals surface area contributed by atoms with Crippen LogP contribution in [0.5, 0.6) is 0 Å². The van der Waals surface area contributed by atoms with Crippen molar-refractivity contribution in [2.24, 2.45) is 10.4 Å². The average molecular weight is 296 g/mol. The monoisotopic (exact) mass is 296 g/mol. The fourth-order valence-corrected chi connectivity index (χ4v) is 2.58. The van der Waals surface area contributed by atoms with E-state index in [1.54, 1.807) is 0 Å². The molecule has 0 heterocycles. The molecule has 0 unspecified atom stereocenters. The van der Waals surface area contributed by atoms with Crippen molar-refractivity contribution in [1.29, 1.82) is 0 Å². The maximum atomic E-state index is 11.6. The molecule has 0 aromatic carbocycles. The van der Waals surface area contributed by atoms with Gasteiger partial charge in [-0.15, -0.1) is 0 Å². The van der Waals surface area contributed by atoms with Gasteiger partial charge < -0.3 is 16.0 Å². The minimum Gasteiger partial charge on any atom is -0.357 e. The summed E-state index contributed by atoms with van der Waals surface area (Å²) in [6.07, 6.45) is 5.60. The first-order valence-corrected chi connectivity index (χ1v) is 8.33. The Bertz CT molecular complexity index is 343. The van der Waals surface area contributed by atoms with Crippen LogP contribution in [-0.4, -0.2) is 37.5 Å². The normalized spacial score (nSPS) is 17.3. The number of hydrogen-bond donors (Lipinski definition) is 3. The van der Waals surface area contributed by atoms with E-state index in [9.17, 15) is 4.79 Å². The van der Waals surface area contributed by atoms with E-state index in [4.69, 9.17) is 4.99 Å². The topological polar surface area (TPSA) is 65.5 Å². The molecule has 0 aromatic heterocycles. The second-order valence-corrected chi connectivity index (χ2v) is 6.30. The second kappa shape index (κ2) is 8.90. The van der Waals surface area contributed by atoms with Crippen molar-refractivity contribution in [2.45, 2.75) is 65.8 Å². The molecule has 5 nitrogen and oxygen atoms in total. The van der Waals surface area contributed by atoms with E-state index in [1.807, 2.05) is 13.8 Å². The van der Waals surface area contributed by atoms with Crippen LogP contribution in [0.2, 0.25) is 0 Å². The number of amides is 1. The molecule has 1 aliphatic carbocycles. The van der Waals surface area contributed by atoms with Crippen molar-refractivity contribution in [3.05, 3.63) is 0 Å². The number of carbonyl (C=O) groups is 1. The van der Waals surface area contributed by atoms with Crippen molar-refractivity contribution < 1.29 is 4.79 Å². The van der Waals surface area contributed by atoms with Gasteiger partial charge in [0.05, 0.1) is 0 Å². The highest BCUT2D eigenvalue weighted by Crippen LogP contribution is 2.43. The van der Waals surface area contributed by atoms with Crippen molar-refractivity contribution in [3.8, 4) is 0 Å². The Morgan fingerprint density at radius 1 is 1.24 bits per heavy atom. The van der Waals surface area contributed by atoms with Gasteiger partial charge in [0.2, 0.25) is 5.91 Å². The SMILES string of the molecule is CCNC(=NCC1(CC)CCC1)NCCC(=O)NC(C)C. The number of nitrogens with one attached hydrogen (secondary N) is 3. The van der Waals surface area contributed by atoms with Gasteiger partial charge in [-0.2, -0.15) is 0 Å². The van der Waals surface area contributed by atoms with Gasteiger partial charge in [-0.1, -0.05) is 13.3 Å². The van der Waals surface area contributed by atoms with Gasteiger partial charge in [0.25, 0.3) is 0 Å². The molecule has 0 atom stereocenters. The molecule has 0 bridgehead atoms. The lowest BCUT2D eigenvalue weighted by atomic mass is 9.67. The molecule has 1 saturated carbocycles. The van der Waals surface area contributed by atoms with Gasteiger partial charge >= 0.3 is 0 Å². The first-order valence-electron chi connectivity index (χ1n) is 8.33. The number of hydrogen-bond acceptors (Lipinski definition) is 2. The summed E-state index contributed by atoms with van der Waals surface area (Å²) in [5, 5.41) is 9.39. The second-order valence-electron chi connectivity index (χ2n) is 6.30. The maximum Gasteiger partial charge on any atom is 0.221 e. The Balaban J connectivity index is 2.37. The molecule has 1 aliphatic rings. The van der Waals surface area contributed by atoms with Gasteiger partial charge in [0.1, 0.15) is 0 Å². The van der Waals surface area contributed by atoms with Crippen LogP contribution in [0.25, 0.3) is 0 Å². The standard InChI is InChI=1S/C16H32N4O/c1-5-16(9-7-10-16)12-19-15(17-6-2)18-11-8-14(21)20-13(3)4/h13H,5-12H2,1-4H3,(H,20,21)(H2,17,18,19). The number of rotatable bonds is 8. The van der Waals surface area contributed by atoms with E-state index in [1.165, 1.54) is 25.7 Å². The van der Waals surface area contributed by atoms with Crippen LogP contribution in [-0.2, 0) is 4.79 Å². The molecule has 0 radical (unpaired) electrons. The zero-order valence-corrected chi connectivity index (χ0v) is 14.1. The number of carbonyl (C=O) groups excluding carboxylic acids is 1. The van der Waals surface area contributed by atoms with Gasteiger partial charge in [0.15, 0.2) is 5.96 Å². The fourth-order valence-electron chi connectivity index (χ4n) is 2.58. The lowest BCUT2D eigenvalue weighted by Crippen LogP contribution is -2.41. The maximum absolute atomic E-state index is 11.6. The Kier molecular flexibility index (Phi) is 7.54. The molecular formula is C16H32N4O. The van der Waals surface area contributed by atoms with Crippen molar-refractivity contribution in [3.63, 3.8) is 0 Å². The molecule has 3 N–H and O–H groups in total. The Hall–Kier alpha value is -1.26. The van der Waals surface area contributed by atoms with Crippen LogP contribution in [0, 0.1) is 5.41 Å². The minimum atomic E-state index is 0.0809. The largest absolute Gasteiger partial charge is 0.357 e. The highest BCUT2D eigenvalue weighted by Gasteiger charge is 2.34. The molecule has 1 rings (SSSR count). The van der Waals surface area contributed by atoms with Crippen LogP contribution in [0.3, 0.4) is 0 Å². The zero-order chi connectivity index (χ0) is 15.7. The third kappa shape index (κ3) is 6.36. The predicted molar refractivity (Wildman–Crippen MR) is 88.5 cm³/mol. The molecule has 0 spiro atoms. The van der Waals surface area contributed by atoms with Gasteiger partial charge in [-0.3, -0.25) is 9.79 Å². The molecule has 0 aromatic rings. The molecular weight excluding hydrogens is 264 g/mol. The summed E-state index contributed by atoms with van der Waals surface area (Å²) in [6, 6.07) is 0.197. The summed E-state index contributed by atoms with van der Waals surface area (Å²) in [7, 11) is 0. The van der Waals surface area contributed by atoms with Crippen LogP contribution in [0.1, 0.15) is 59.8 Å². The van der Waals surface area contributed by atoms with Crippen LogP contribution >= 0.6 is 0 Å². The smallest absolute Gasteiger partial charge is 0.221 e. The molecule has 1 amide bonds. The van der Waals surface area contributed by atoms with Crippen molar-refractivity contribution >= 4 is 11.9 Å². The molecule has 5 heteroatoms. The lowest BCUT2D eigenvalue weighted by Gasteiger charge is -2.40. The van der Waals surface area contributed by atoms with E-state index >= 15 is 0 Å². The number of guanidine groups is 1. The van der Waals surface area contributed by atoms with E-state index in [0.717, 1.165) is 19.0 Å². The zero-order valence-electron chi connectivity index (χ0n) is 14.1. The predicted octanol–water partition coefficient (Wildman–Crippen LogP) is 2.04. The summed E-state index contributed by atoms with van der Waals surface area (Å²) in [6.45, 7) is 10.6. The van der Waals surface area contributed by atoms with Crippen LogP contribution in [0.15, 0.2) is 4.99 Å². The number of aliphatic imine (C=N–C) groups is 1. The summed E-state index contributed by atoms with van der Waals surface area (Å²) < 4.78 is 0. The van der Waals surface area contributed by atoms with E-state index in [2.05, 4.69) is 29.8 Å². The summed E-state index contributed by atoms with van der Waals surface area (Å²) in [4.78, 5) is 16.3. The van der Waals surface area contributed by atoms with Crippen molar-refractivity contribution in [2.75, 3.05) is 19.6 Å². The highest BCUT2D eigenvalue weighted by atomic mass is 16.1. The first-order chi connectivity index (χ1) is 10.0. The molecule has 21 heavy (non-hydrogen) atoms. The average Bonchev–Trinajstić information content (AvgIpc) is 2.37. The molecule has 0 saturated heterocycles. The first kappa shape index (κ1) is 17.8. The lowest BCUT2D eigenvalue weighted by molar-refractivity contribution is -0.121. The number of nitrogens with zero attached hydrogens (tertiary/aromatic N) is 1. The fraction of sp³-hybridized carbons (Fsp3) is 0.875. The van der Waals surface area contributed by atoms with E-state index in [0.29, 0.717) is 18.4 Å². The third-order valence-corrected chi connectivity index (χ3v) is 4.18. The van der Waals surface area contributed by atoms with Crippen molar-refractivity contribution in [1.82, 2.24) is 16.0 Å². The Morgan fingerprint density at radius 3 is 2.43 bits per heavy atom. The Labute approximate surface area is 129 Å².